The molecule has 2 aromatic heterocycles. The summed E-state index contributed by atoms with van der Waals surface area (Å²) in [6.45, 7) is 2.48. The van der Waals surface area contributed by atoms with E-state index in [4.69, 9.17) is 5.73 Å². The number of hydrogen-bond acceptors (Lipinski definition) is 4. The molecule has 1 aliphatic carbocycles. The highest BCUT2D eigenvalue weighted by atomic mass is 16.1. The second-order valence-electron chi connectivity index (χ2n) is 5.98. The van der Waals surface area contributed by atoms with E-state index in [9.17, 15) is 4.79 Å². The summed E-state index contributed by atoms with van der Waals surface area (Å²) >= 11 is 0. The Balaban J connectivity index is 1.94. The third-order valence-electron chi connectivity index (χ3n) is 4.39. The number of nitrogens with zero attached hydrogens (tertiary/aromatic N) is 3. The van der Waals surface area contributed by atoms with Crippen LogP contribution in [-0.2, 0) is 6.42 Å². The molecule has 0 bridgehead atoms. The van der Waals surface area contributed by atoms with Gasteiger partial charge in [0.05, 0.1) is 0 Å². The Morgan fingerprint density at radius 2 is 2.10 bits per heavy atom. The van der Waals surface area contributed by atoms with Crippen LogP contribution in [0.3, 0.4) is 0 Å². The predicted molar refractivity (Wildman–Crippen MR) is 76.6 cm³/mol. The monoisotopic (exact) mass is 275 g/mol. The van der Waals surface area contributed by atoms with Gasteiger partial charge in [-0.05, 0) is 31.7 Å². The van der Waals surface area contributed by atoms with Crippen molar-refractivity contribution in [1.29, 1.82) is 0 Å². The first-order chi connectivity index (χ1) is 9.62. The maximum absolute atomic E-state index is 11.9. The molecule has 1 fully saturated rings. The highest BCUT2D eigenvalue weighted by Crippen LogP contribution is 2.37. The average molecular weight is 275 g/mol. The molecule has 2 aromatic rings. The zero-order valence-electron chi connectivity index (χ0n) is 11.9. The lowest BCUT2D eigenvalue weighted by Gasteiger charge is -2.35. The summed E-state index contributed by atoms with van der Waals surface area (Å²) in [6.07, 6.45) is 6.83. The maximum Gasteiger partial charge on any atom is 0.274 e. The van der Waals surface area contributed by atoms with Crippen molar-refractivity contribution in [1.82, 2.24) is 19.6 Å². The second-order valence-corrected chi connectivity index (χ2v) is 5.98. The molecule has 2 heterocycles. The van der Waals surface area contributed by atoms with E-state index in [0.717, 1.165) is 25.1 Å². The van der Waals surface area contributed by atoms with Crippen LogP contribution in [0.5, 0.6) is 0 Å². The van der Waals surface area contributed by atoms with E-state index in [1.165, 1.54) is 29.8 Å². The van der Waals surface area contributed by atoms with E-state index >= 15 is 0 Å². The van der Waals surface area contributed by atoms with Crippen LogP contribution in [0.2, 0.25) is 0 Å². The number of fused-ring (bicyclic) bond motifs is 1. The van der Waals surface area contributed by atoms with E-state index in [-0.39, 0.29) is 11.0 Å². The SMILES string of the molecule is Cc1cc(=O)n2[nH]c(CC3(CN)CCCCC3)nc2n1. The van der Waals surface area contributed by atoms with Gasteiger partial charge in [-0.1, -0.05) is 19.3 Å². The predicted octanol–water partition coefficient (Wildman–Crippen LogP) is 1.18. The minimum atomic E-state index is -0.114. The van der Waals surface area contributed by atoms with Gasteiger partial charge in [-0.2, -0.15) is 9.50 Å². The summed E-state index contributed by atoms with van der Waals surface area (Å²) in [5.41, 5.74) is 6.72. The zero-order valence-corrected chi connectivity index (χ0v) is 11.9. The first-order valence-electron chi connectivity index (χ1n) is 7.27. The third-order valence-corrected chi connectivity index (χ3v) is 4.39. The molecular formula is C14H21N5O. The van der Waals surface area contributed by atoms with Gasteiger partial charge in [0.2, 0.25) is 0 Å². The largest absolute Gasteiger partial charge is 0.330 e. The van der Waals surface area contributed by atoms with Crippen LogP contribution < -0.4 is 11.3 Å². The van der Waals surface area contributed by atoms with Crippen LogP contribution in [-0.4, -0.2) is 26.1 Å². The molecule has 3 rings (SSSR count). The van der Waals surface area contributed by atoms with E-state index in [2.05, 4.69) is 15.1 Å². The number of nitrogens with two attached hydrogens (primary N) is 1. The molecule has 6 nitrogen and oxygen atoms in total. The molecular weight excluding hydrogens is 254 g/mol. The topological polar surface area (TPSA) is 89.1 Å². The number of hydrogen-bond donors (Lipinski definition) is 2. The van der Waals surface area contributed by atoms with Crippen molar-refractivity contribution in [2.45, 2.75) is 45.4 Å². The fourth-order valence-electron chi connectivity index (χ4n) is 3.23. The van der Waals surface area contributed by atoms with E-state index in [1.807, 2.05) is 0 Å². The van der Waals surface area contributed by atoms with Crippen LogP contribution >= 0.6 is 0 Å². The average Bonchev–Trinajstić information content (AvgIpc) is 2.82. The Morgan fingerprint density at radius 3 is 2.80 bits per heavy atom. The van der Waals surface area contributed by atoms with Gasteiger partial charge in [0.25, 0.3) is 11.3 Å². The highest BCUT2D eigenvalue weighted by molar-refractivity contribution is 5.27. The zero-order chi connectivity index (χ0) is 14.2. The van der Waals surface area contributed by atoms with Gasteiger partial charge >= 0.3 is 0 Å². The lowest BCUT2D eigenvalue weighted by Crippen LogP contribution is -2.35. The molecule has 3 N–H and O–H groups in total. The second kappa shape index (κ2) is 5.01. The molecule has 1 saturated carbocycles. The van der Waals surface area contributed by atoms with Gasteiger partial charge in [-0.3, -0.25) is 9.89 Å². The van der Waals surface area contributed by atoms with Gasteiger partial charge in [0, 0.05) is 18.2 Å². The molecule has 0 aromatic carbocycles. The highest BCUT2D eigenvalue weighted by Gasteiger charge is 2.32. The lowest BCUT2D eigenvalue weighted by molar-refractivity contribution is 0.193. The van der Waals surface area contributed by atoms with Crippen LogP contribution in [0.15, 0.2) is 10.9 Å². The van der Waals surface area contributed by atoms with Gasteiger partial charge in [-0.25, -0.2) is 4.98 Å². The lowest BCUT2D eigenvalue weighted by atomic mass is 9.72. The molecule has 0 saturated heterocycles. The molecule has 108 valence electrons. The van der Waals surface area contributed by atoms with Crippen LogP contribution in [0.25, 0.3) is 5.78 Å². The molecule has 0 amide bonds. The quantitative estimate of drug-likeness (QED) is 0.880. The first-order valence-corrected chi connectivity index (χ1v) is 7.27. The van der Waals surface area contributed by atoms with E-state index < -0.39 is 0 Å². The molecule has 20 heavy (non-hydrogen) atoms. The minimum absolute atomic E-state index is 0.114. The van der Waals surface area contributed by atoms with Crippen molar-refractivity contribution in [3.05, 3.63) is 27.9 Å². The summed E-state index contributed by atoms with van der Waals surface area (Å²) in [5, 5.41) is 3.07. The fraction of sp³-hybridized carbons (Fsp3) is 0.643. The smallest absolute Gasteiger partial charge is 0.274 e. The Kier molecular flexibility index (Phi) is 3.33. The molecule has 1 aliphatic rings. The Morgan fingerprint density at radius 1 is 1.35 bits per heavy atom. The molecule has 0 unspecified atom stereocenters. The van der Waals surface area contributed by atoms with Crippen LogP contribution in [0, 0.1) is 12.3 Å². The van der Waals surface area contributed by atoms with Crippen molar-refractivity contribution in [3.63, 3.8) is 0 Å². The molecule has 0 aliphatic heterocycles. The van der Waals surface area contributed by atoms with Crippen molar-refractivity contribution in [2.75, 3.05) is 6.54 Å². The van der Waals surface area contributed by atoms with Gasteiger partial charge in [0.1, 0.15) is 5.82 Å². The van der Waals surface area contributed by atoms with Crippen molar-refractivity contribution in [2.24, 2.45) is 11.1 Å². The first kappa shape index (κ1) is 13.3. The number of rotatable bonds is 3. The summed E-state index contributed by atoms with van der Waals surface area (Å²) < 4.78 is 1.41. The summed E-state index contributed by atoms with van der Waals surface area (Å²) in [7, 11) is 0. The normalized spacial score (nSPS) is 18.5. The number of H-pyrrole nitrogens is 1. The van der Waals surface area contributed by atoms with E-state index in [1.54, 1.807) is 6.92 Å². The summed E-state index contributed by atoms with van der Waals surface area (Å²) in [5.74, 6) is 1.26. The van der Waals surface area contributed by atoms with Crippen LogP contribution in [0.1, 0.15) is 43.6 Å². The fourth-order valence-corrected chi connectivity index (χ4v) is 3.23. The number of aromatic nitrogens is 4. The Labute approximate surface area is 117 Å². The van der Waals surface area contributed by atoms with Gasteiger partial charge < -0.3 is 5.73 Å². The molecule has 0 atom stereocenters. The molecule has 0 spiro atoms. The van der Waals surface area contributed by atoms with Gasteiger partial charge in [0.15, 0.2) is 0 Å². The number of nitrogens with one attached hydrogen (secondary N) is 1. The summed E-state index contributed by atoms with van der Waals surface area (Å²) in [4.78, 5) is 20.6. The van der Waals surface area contributed by atoms with Crippen LogP contribution in [0.4, 0.5) is 0 Å². The standard InChI is InChI=1S/C14H21N5O/c1-10-7-12(20)19-13(16-10)17-11(18-19)8-14(9-15)5-3-2-4-6-14/h7H,2-6,8-9,15H2,1H3,(H,16,17,18). The van der Waals surface area contributed by atoms with Crippen molar-refractivity contribution in [3.8, 4) is 0 Å². The Bertz CT molecular complexity index is 666. The minimum Gasteiger partial charge on any atom is -0.330 e. The Hall–Kier alpha value is -1.69. The van der Waals surface area contributed by atoms with Crippen molar-refractivity contribution >= 4 is 5.78 Å². The van der Waals surface area contributed by atoms with E-state index in [0.29, 0.717) is 18.0 Å². The molecule has 0 radical (unpaired) electrons. The van der Waals surface area contributed by atoms with Gasteiger partial charge in [-0.15, -0.1) is 0 Å². The maximum atomic E-state index is 11.9. The number of aromatic amines is 1. The number of aryl methyl sites for hydroxylation is 1. The summed E-state index contributed by atoms with van der Waals surface area (Å²) in [6, 6.07) is 1.51. The third kappa shape index (κ3) is 2.35. The van der Waals surface area contributed by atoms with Crippen molar-refractivity contribution < 1.29 is 0 Å². The molecule has 6 heteroatoms.